The van der Waals surface area contributed by atoms with Gasteiger partial charge in [-0.2, -0.15) is 5.10 Å². The van der Waals surface area contributed by atoms with Gasteiger partial charge in [-0.15, -0.1) is 0 Å². The highest BCUT2D eigenvalue weighted by Crippen LogP contribution is 2.31. The minimum atomic E-state index is -0.665. The fourth-order valence-corrected chi connectivity index (χ4v) is 4.37. The Hall–Kier alpha value is -3.56. The van der Waals surface area contributed by atoms with Gasteiger partial charge in [0.25, 0.3) is 5.91 Å². The van der Waals surface area contributed by atoms with Gasteiger partial charge in [0, 0.05) is 13.2 Å². The molecule has 33 heavy (non-hydrogen) atoms. The Bertz CT molecular complexity index is 1110. The standard InChI is InChI=1S/C23H29N7O3/c1-13-5-7-16(8-6-13)20(28-22(31)18-9-10-26-30(18)4)23(32)27-17-11-24-21(25-12-17)19-14(2)29-33-15(19)3/h9-13,16,20H,5-8H2,1-4H3,(H,27,32)(H,28,31)/t13-,16-,20-/m0/s1. The molecule has 1 atom stereocenters. The maximum atomic E-state index is 13.3. The first kappa shape index (κ1) is 22.6. The van der Waals surface area contributed by atoms with E-state index in [1.165, 1.54) is 4.68 Å². The predicted molar refractivity (Wildman–Crippen MR) is 121 cm³/mol. The summed E-state index contributed by atoms with van der Waals surface area (Å²) in [5.74, 6) is 1.20. The van der Waals surface area contributed by atoms with Gasteiger partial charge in [-0.1, -0.05) is 24.9 Å². The van der Waals surface area contributed by atoms with Gasteiger partial charge >= 0.3 is 0 Å². The molecule has 2 N–H and O–H groups in total. The molecular formula is C23H29N7O3. The fourth-order valence-electron chi connectivity index (χ4n) is 4.37. The molecule has 1 aliphatic carbocycles. The zero-order valence-electron chi connectivity index (χ0n) is 19.3. The third kappa shape index (κ3) is 4.94. The molecule has 0 bridgehead atoms. The van der Waals surface area contributed by atoms with Gasteiger partial charge in [-0.3, -0.25) is 14.3 Å². The number of hydrogen-bond acceptors (Lipinski definition) is 7. The van der Waals surface area contributed by atoms with Crippen molar-refractivity contribution in [1.29, 1.82) is 0 Å². The summed E-state index contributed by atoms with van der Waals surface area (Å²) in [6.07, 6.45) is 8.49. The van der Waals surface area contributed by atoms with E-state index in [1.54, 1.807) is 38.6 Å². The highest BCUT2D eigenvalue weighted by atomic mass is 16.5. The molecule has 10 heteroatoms. The Balaban J connectivity index is 1.51. The molecule has 10 nitrogen and oxygen atoms in total. The molecule has 1 aliphatic rings. The molecule has 174 valence electrons. The Morgan fingerprint density at radius 2 is 1.85 bits per heavy atom. The van der Waals surface area contributed by atoms with Crippen LogP contribution in [-0.2, 0) is 11.8 Å². The summed E-state index contributed by atoms with van der Waals surface area (Å²) in [6.45, 7) is 5.85. The van der Waals surface area contributed by atoms with Crippen LogP contribution in [0.4, 0.5) is 5.69 Å². The van der Waals surface area contributed by atoms with E-state index in [2.05, 4.69) is 37.8 Å². The summed E-state index contributed by atoms with van der Waals surface area (Å²) < 4.78 is 6.68. The summed E-state index contributed by atoms with van der Waals surface area (Å²) in [5.41, 5.74) is 2.31. The number of aryl methyl sites for hydroxylation is 3. The minimum Gasteiger partial charge on any atom is -0.361 e. The first-order valence-electron chi connectivity index (χ1n) is 11.2. The Morgan fingerprint density at radius 1 is 1.15 bits per heavy atom. The van der Waals surface area contributed by atoms with Crippen LogP contribution >= 0.6 is 0 Å². The van der Waals surface area contributed by atoms with Crippen molar-refractivity contribution in [2.75, 3.05) is 5.32 Å². The summed E-state index contributed by atoms with van der Waals surface area (Å²) in [7, 11) is 1.70. The zero-order chi connectivity index (χ0) is 23.5. The molecule has 2 amide bonds. The van der Waals surface area contributed by atoms with E-state index < -0.39 is 6.04 Å². The van der Waals surface area contributed by atoms with Crippen LogP contribution in [0.5, 0.6) is 0 Å². The number of aromatic nitrogens is 5. The lowest BCUT2D eigenvalue weighted by Crippen LogP contribution is -2.49. The number of rotatable bonds is 6. The maximum Gasteiger partial charge on any atom is 0.270 e. The van der Waals surface area contributed by atoms with Gasteiger partial charge in [0.15, 0.2) is 5.82 Å². The zero-order valence-corrected chi connectivity index (χ0v) is 19.3. The molecule has 0 spiro atoms. The third-order valence-corrected chi connectivity index (χ3v) is 6.33. The maximum absolute atomic E-state index is 13.3. The van der Waals surface area contributed by atoms with Crippen LogP contribution in [-0.4, -0.2) is 42.8 Å². The molecule has 0 saturated heterocycles. The molecule has 0 unspecified atom stereocenters. The van der Waals surface area contributed by atoms with Crippen LogP contribution in [0.25, 0.3) is 11.4 Å². The van der Waals surface area contributed by atoms with E-state index >= 15 is 0 Å². The second-order valence-corrected chi connectivity index (χ2v) is 8.79. The highest BCUT2D eigenvalue weighted by Gasteiger charge is 2.33. The third-order valence-electron chi connectivity index (χ3n) is 6.33. The van der Waals surface area contributed by atoms with Crippen molar-refractivity contribution in [3.05, 3.63) is 41.8 Å². The van der Waals surface area contributed by atoms with Crippen molar-refractivity contribution in [2.45, 2.75) is 52.5 Å². The topological polar surface area (TPSA) is 128 Å². The van der Waals surface area contributed by atoms with E-state index in [-0.39, 0.29) is 17.7 Å². The molecule has 0 radical (unpaired) electrons. The largest absolute Gasteiger partial charge is 0.361 e. The number of nitrogens with zero attached hydrogens (tertiary/aromatic N) is 5. The van der Waals surface area contributed by atoms with E-state index in [0.717, 1.165) is 31.2 Å². The summed E-state index contributed by atoms with van der Waals surface area (Å²) in [5, 5.41) is 13.8. The second-order valence-electron chi connectivity index (χ2n) is 8.79. The van der Waals surface area contributed by atoms with Crippen LogP contribution < -0.4 is 10.6 Å². The van der Waals surface area contributed by atoms with E-state index in [4.69, 9.17) is 4.52 Å². The Morgan fingerprint density at radius 3 is 2.42 bits per heavy atom. The number of anilines is 1. The monoisotopic (exact) mass is 451 g/mol. The van der Waals surface area contributed by atoms with Crippen molar-refractivity contribution < 1.29 is 14.1 Å². The molecule has 3 aromatic rings. The van der Waals surface area contributed by atoms with Crippen molar-refractivity contribution in [1.82, 2.24) is 30.2 Å². The lowest BCUT2D eigenvalue weighted by molar-refractivity contribution is -0.119. The van der Waals surface area contributed by atoms with E-state index in [0.29, 0.717) is 34.6 Å². The molecule has 1 fully saturated rings. The number of nitrogens with one attached hydrogen (secondary N) is 2. The van der Waals surface area contributed by atoms with Crippen LogP contribution in [0.3, 0.4) is 0 Å². The van der Waals surface area contributed by atoms with Gasteiger partial charge in [-0.25, -0.2) is 9.97 Å². The molecule has 0 aromatic carbocycles. The van der Waals surface area contributed by atoms with Crippen molar-refractivity contribution in [2.24, 2.45) is 18.9 Å². The van der Waals surface area contributed by atoms with Gasteiger partial charge in [0.05, 0.1) is 29.3 Å². The van der Waals surface area contributed by atoms with Gasteiger partial charge in [-0.05, 0) is 44.6 Å². The van der Waals surface area contributed by atoms with Crippen LogP contribution in [0.2, 0.25) is 0 Å². The lowest BCUT2D eigenvalue weighted by atomic mass is 9.79. The predicted octanol–water partition coefficient (Wildman–Crippen LogP) is 3.05. The highest BCUT2D eigenvalue weighted by molar-refractivity contribution is 6.00. The smallest absolute Gasteiger partial charge is 0.270 e. The molecule has 1 saturated carbocycles. The van der Waals surface area contributed by atoms with Crippen LogP contribution in [0, 0.1) is 25.7 Å². The second kappa shape index (κ2) is 9.51. The van der Waals surface area contributed by atoms with Crippen molar-refractivity contribution >= 4 is 17.5 Å². The quantitative estimate of drug-likeness (QED) is 0.589. The van der Waals surface area contributed by atoms with Crippen molar-refractivity contribution in [3.8, 4) is 11.4 Å². The van der Waals surface area contributed by atoms with Gasteiger partial charge < -0.3 is 15.2 Å². The molecule has 3 aromatic heterocycles. The average molecular weight is 452 g/mol. The molecule has 3 heterocycles. The van der Waals surface area contributed by atoms with Gasteiger partial charge in [0.1, 0.15) is 17.5 Å². The number of carbonyl (C=O) groups is 2. The van der Waals surface area contributed by atoms with Gasteiger partial charge in [0.2, 0.25) is 5.91 Å². The summed E-state index contributed by atoms with van der Waals surface area (Å²) in [4.78, 5) is 34.9. The average Bonchev–Trinajstić information content (AvgIpc) is 3.38. The van der Waals surface area contributed by atoms with E-state index in [1.807, 2.05) is 6.92 Å². The molecule has 0 aliphatic heterocycles. The number of amides is 2. The summed E-state index contributed by atoms with van der Waals surface area (Å²) in [6, 6.07) is 0.969. The number of hydrogen-bond donors (Lipinski definition) is 2. The minimum absolute atomic E-state index is 0.0564. The molecular weight excluding hydrogens is 422 g/mol. The SMILES string of the molecule is Cc1noc(C)c1-c1ncc(NC(=O)[C@@H](NC(=O)c2ccnn2C)[C@H]2CC[C@H](C)CC2)cn1. The molecule has 4 rings (SSSR count). The fraction of sp³-hybridized carbons (Fsp3) is 0.478. The Labute approximate surface area is 192 Å². The van der Waals surface area contributed by atoms with Crippen molar-refractivity contribution in [3.63, 3.8) is 0 Å². The Kier molecular flexibility index (Phi) is 6.52. The number of carbonyl (C=O) groups excluding carboxylic acids is 2. The first-order valence-corrected chi connectivity index (χ1v) is 11.2. The normalized spacial score (nSPS) is 19.2. The van der Waals surface area contributed by atoms with Crippen LogP contribution in [0.1, 0.15) is 54.5 Å². The summed E-state index contributed by atoms with van der Waals surface area (Å²) >= 11 is 0. The van der Waals surface area contributed by atoms with E-state index in [9.17, 15) is 9.59 Å². The lowest BCUT2D eigenvalue weighted by Gasteiger charge is -2.32. The first-order chi connectivity index (χ1) is 15.8. The van der Waals surface area contributed by atoms with Crippen LogP contribution in [0.15, 0.2) is 29.2 Å².